The minimum Gasteiger partial charge on any atom is -0.384 e. The maximum atomic E-state index is 12.8. The van der Waals surface area contributed by atoms with Crippen LogP contribution in [0.5, 0.6) is 0 Å². The van der Waals surface area contributed by atoms with Gasteiger partial charge in [-0.3, -0.25) is 4.79 Å². The molecule has 2 aliphatic rings. The predicted octanol–water partition coefficient (Wildman–Crippen LogP) is 2.76. The van der Waals surface area contributed by atoms with E-state index in [0.717, 1.165) is 42.8 Å². The fourth-order valence-electron chi connectivity index (χ4n) is 3.68. The molecule has 24 heavy (non-hydrogen) atoms. The first-order valence-electron chi connectivity index (χ1n) is 8.33. The summed E-state index contributed by atoms with van der Waals surface area (Å²) in [5.74, 6) is 1.82. The van der Waals surface area contributed by atoms with Gasteiger partial charge in [0.2, 0.25) is 0 Å². The molecule has 122 valence electrons. The van der Waals surface area contributed by atoms with Crippen molar-refractivity contribution in [1.82, 2.24) is 14.9 Å². The molecule has 1 aliphatic carbocycles. The van der Waals surface area contributed by atoms with Crippen LogP contribution in [0, 0.1) is 11.8 Å². The summed E-state index contributed by atoms with van der Waals surface area (Å²) in [6, 6.07) is 9.31. The molecule has 2 N–H and O–H groups in total. The number of nitrogens with two attached hydrogens (primary N) is 1. The molecule has 1 saturated heterocycles. The lowest BCUT2D eigenvalue weighted by Crippen LogP contribution is -2.28. The summed E-state index contributed by atoms with van der Waals surface area (Å²) in [4.78, 5) is 22.9. The van der Waals surface area contributed by atoms with Crippen molar-refractivity contribution >= 4 is 11.7 Å². The average molecular weight is 320 g/mol. The second-order valence-corrected chi connectivity index (χ2v) is 6.58. The lowest BCUT2D eigenvalue weighted by atomic mass is 9.86. The van der Waals surface area contributed by atoms with Gasteiger partial charge in [0.05, 0.1) is 5.69 Å². The van der Waals surface area contributed by atoms with Crippen molar-refractivity contribution < 1.29 is 4.79 Å². The molecule has 1 aliphatic heterocycles. The Morgan fingerprint density at radius 2 is 1.71 bits per heavy atom. The fraction of sp³-hybridized carbons (Fsp3) is 0.316. The van der Waals surface area contributed by atoms with Crippen molar-refractivity contribution in [1.29, 1.82) is 0 Å². The number of aromatic nitrogens is 2. The van der Waals surface area contributed by atoms with Gasteiger partial charge >= 0.3 is 0 Å². The lowest BCUT2D eigenvalue weighted by molar-refractivity contribution is 0.0784. The van der Waals surface area contributed by atoms with Crippen LogP contribution in [0.3, 0.4) is 0 Å². The van der Waals surface area contributed by atoms with Crippen LogP contribution in [-0.4, -0.2) is 33.9 Å². The van der Waals surface area contributed by atoms with Crippen LogP contribution < -0.4 is 5.73 Å². The van der Waals surface area contributed by atoms with E-state index >= 15 is 0 Å². The number of hydrogen-bond donors (Lipinski definition) is 1. The molecule has 1 amide bonds. The van der Waals surface area contributed by atoms with Crippen LogP contribution in [0.25, 0.3) is 11.3 Å². The number of likely N-dealkylation sites (tertiary alicyclic amines) is 1. The number of rotatable bonds is 2. The predicted molar refractivity (Wildman–Crippen MR) is 93.1 cm³/mol. The molecule has 1 aromatic heterocycles. The number of fused-ring (bicyclic) bond motifs is 1. The number of nitrogens with zero attached hydrogens (tertiary/aromatic N) is 3. The van der Waals surface area contributed by atoms with Crippen molar-refractivity contribution in [3.63, 3.8) is 0 Å². The Kier molecular flexibility index (Phi) is 3.76. The number of hydrogen-bond acceptors (Lipinski definition) is 4. The zero-order valence-corrected chi connectivity index (χ0v) is 13.4. The third-order valence-corrected chi connectivity index (χ3v) is 5.02. The van der Waals surface area contributed by atoms with Gasteiger partial charge in [-0.2, -0.15) is 0 Å². The van der Waals surface area contributed by atoms with Gasteiger partial charge in [0.15, 0.2) is 0 Å². The second-order valence-electron chi connectivity index (χ2n) is 6.58. The molecule has 2 atom stereocenters. The highest BCUT2D eigenvalue weighted by molar-refractivity contribution is 5.94. The second kappa shape index (κ2) is 6.07. The molecule has 0 unspecified atom stereocenters. The van der Waals surface area contributed by atoms with E-state index in [-0.39, 0.29) is 5.91 Å². The van der Waals surface area contributed by atoms with E-state index in [1.54, 1.807) is 6.07 Å². The summed E-state index contributed by atoms with van der Waals surface area (Å²) >= 11 is 0. The molecule has 0 saturated carbocycles. The number of amides is 1. The van der Waals surface area contributed by atoms with Crippen LogP contribution >= 0.6 is 0 Å². The van der Waals surface area contributed by atoms with Gasteiger partial charge < -0.3 is 10.6 Å². The van der Waals surface area contributed by atoms with Gasteiger partial charge in [0.1, 0.15) is 12.1 Å². The standard InChI is InChI=1S/C19H20N4O/c20-18-9-17(21-12-22-18)13-5-7-14(8-6-13)19(24)23-10-15-3-1-2-4-16(15)11-23/h1-2,5-9,12,15-16H,3-4,10-11H2,(H2,20,21,22)/t15-,16+. The first-order chi connectivity index (χ1) is 11.7. The summed E-state index contributed by atoms with van der Waals surface area (Å²) in [6.07, 6.45) is 8.14. The van der Waals surface area contributed by atoms with Gasteiger partial charge in [-0.15, -0.1) is 0 Å². The van der Waals surface area contributed by atoms with Gasteiger partial charge in [-0.1, -0.05) is 24.3 Å². The molecule has 0 radical (unpaired) electrons. The van der Waals surface area contributed by atoms with Gasteiger partial charge in [0, 0.05) is 30.3 Å². The van der Waals surface area contributed by atoms with Crippen molar-refractivity contribution in [2.24, 2.45) is 11.8 Å². The fourth-order valence-corrected chi connectivity index (χ4v) is 3.68. The molecule has 5 nitrogen and oxygen atoms in total. The third-order valence-electron chi connectivity index (χ3n) is 5.02. The summed E-state index contributed by atoms with van der Waals surface area (Å²) in [5.41, 5.74) is 8.12. The minimum atomic E-state index is 0.123. The van der Waals surface area contributed by atoms with E-state index in [9.17, 15) is 4.79 Å². The number of carbonyl (C=O) groups is 1. The van der Waals surface area contributed by atoms with E-state index in [4.69, 9.17) is 5.73 Å². The zero-order valence-electron chi connectivity index (χ0n) is 13.4. The molecule has 0 bridgehead atoms. The lowest BCUT2D eigenvalue weighted by Gasteiger charge is -2.17. The Morgan fingerprint density at radius 3 is 2.33 bits per heavy atom. The molecular weight excluding hydrogens is 300 g/mol. The van der Waals surface area contributed by atoms with Crippen molar-refractivity contribution in [2.75, 3.05) is 18.8 Å². The number of benzene rings is 1. The van der Waals surface area contributed by atoms with Crippen molar-refractivity contribution in [2.45, 2.75) is 12.8 Å². The Bertz CT molecular complexity index is 768. The number of carbonyl (C=O) groups excluding carboxylic acids is 1. The number of allylic oxidation sites excluding steroid dienone is 2. The Labute approximate surface area is 141 Å². The Balaban J connectivity index is 1.50. The number of nitrogen functional groups attached to an aromatic ring is 1. The largest absolute Gasteiger partial charge is 0.384 e. The van der Waals surface area contributed by atoms with Crippen LogP contribution in [0.4, 0.5) is 5.82 Å². The molecular formula is C19H20N4O. The van der Waals surface area contributed by atoms with Crippen molar-refractivity contribution in [3.05, 3.63) is 54.4 Å². The summed E-state index contributed by atoms with van der Waals surface area (Å²) in [5, 5.41) is 0. The van der Waals surface area contributed by atoms with Crippen molar-refractivity contribution in [3.8, 4) is 11.3 Å². The van der Waals surface area contributed by atoms with Gasteiger partial charge in [0.25, 0.3) is 5.91 Å². The molecule has 5 heteroatoms. The van der Waals surface area contributed by atoms with E-state index in [1.165, 1.54) is 6.33 Å². The van der Waals surface area contributed by atoms with E-state index in [0.29, 0.717) is 17.7 Å². The SMILES string of the molecule is Nc1cc(-c2ccc(C(=O)N3C[C@H]4CC=CC[C@H]4C3)cc2)ncn1. The monoisotopic (exact) mass is 320 g/mol. The molecule has 0 spiro atoms. The normalized spacial score (nSPS) is 22.4. The Hall–Kier alpha value is -2.69. The highest BCUT2D eigenvalue weighted by atomic mass is 16.2. The van der Waals surface area contributed by atoms with Gasteiger partial charge in [-0.05, 0) is 36.8 Å². The molecule has 1 fully saturated rings. The summed E-state index contributed by atoms with van der Waals surface area (Å²) < 4.78 is 0. The van der Waals surface area contributed by atoms with E-state index in [1.807, 2.05) is 29.2 Å². The highest BCUT2D eigenvalue weighted by Crippen LogP contribution is 2.33. The average Bonchev–Trinajstić information content (AvgIpc) is 3.05. The quantitative estimate of drug-likeness (QED) is 0.864. The summed E-state index contributed by atoms with van der Waals surface area (Å²) in [7, 11) is 0. The van der Waals surface area contributed by atoms with Gasteiger partial charge in [-0.25, -0.2) is 9.97 Å². The van der Waals surface area contributed by atoms with Crippen LogP contribution in [0.2, 0.25) is 0 Å². The smallest absolute Gasteiger partial charge is 0.253 e. The van der Waals surface area contributed by atoms with E-state index < -0.39 is 0 Å². The first-order valence-corrected chi connectivity index (χ1v) is 8.33. The van der Waals surface area contributed by atoms with Crippen LogP contribution in [-0.2, 0) is 0 Å². The van der Waals surface area contributed by atoms with Crippen LogP contribution in [0.1, 0.15) is 23.2 Å². The highest BCUT2D eigenvalue weighted by Gasteiger charge is 2.35. The maximum absolute atomic E-state index is 12.8. The molecule has 4 rings (SSSR count). The van der Waals surface area contributed by atoms with Crippen LogP contribution in [0.15, 0.2) is 48.8 Å². The molecule has 1 aromatic carbocycles. The number of anilines is 1. The minimum absolute atomic E-state index is 0.123. The Morgan fingerprint density at radius 1 is 1.04 bits per heavy atom. The third kappa shape index (κ3) is 2.77. The molecule has 2 heterocycles. The maximum Gasteiger partial charge on any atom is 0.253 e. The van der Waals surface area contributed by atoms with E-state index in [2.05, 4.69) is 22.1 Å². The zero-order chi connectivity index (χ0) is 16.5. The molecule has 2 aromatic rings. The summed E-state index contributed by atoms with van der Waals surface area (Å²) in [6.45, 7) is 1.75. The first kappa shape index (κ1) is 14.9. The topological polar surface area (TPSA) is 72.1 Å².